The number of nitrogens with zero attached hydrogens (tertiary/aromatic N) is 4. The number of halogens is 1. The molecule has 2 heterocycles. The largest absolute Gasteiger partial charge is 0.496 e. The van der Waals surface area contributed by atoms with E-state index in [9.17, 15) is 0 Å². The van der Waals surface area contributed by atoms with Gasteiger partial charge in [0.05, 0.1) is 12.8 Å². The quantitative estimate of drug-likeness (QED) is 0.699. The van der Waals surface area contributed by atoms with Crippen molar-refractivity contribution in [3.8, 4) is 5.75 Å². The smallest absolute Gasteiger partial charge is 0.212 e. The van der Waals surface area contributed by atoms with E-state index in [-0.39, 0.29) is 0 Å². The maximum atomic E-state index is 5.98. The van der Waals surface area contributed by atoms with Gasteiger partial charge in [0.25, 0.3) is 0 Å². The van der Waals surface area contributed by atoms with Crippen molar-refractivity contribution < 1.29 is 4.74 Å². The second-order valence-corrected chi connectivity index (χ2v) is 6.92. The Morgan fingerprint density at radius 3 is 2.72 bits per heavy atom. The Morgan fingerprint density at radius 2 is 1.92 bits per heavy atom. The average Bonchev–Trinajstić information content (AvgIpc) is 3.05. The van der Waals surface area contributed by atoms with Crippen molar-refractivity contribution in [2.45, 2.75) is 11.6 Å². The summed E-state index contributed by atoms with van der Waals surface area (Å²) in [4.78, 5) is 0. The molecule has 2 aromatic carbocycles. The molecular weight excluding hydrogens is 356 g/mol. The summed E-state index contributed by atoms with van der Waals surface area (Å²) in [6.45, 7) is 0. The monoisotopic (exact) mass is 370 g/mol. The number of aromatic nitrogens is 3. The number of hydrogen-bond acceptors (Lipinski definition) is 5. The molecule has 0 unspecified atom stereocenters. The molecule has 0 aliphatic carbocycles. The van der Waals surface area contributed by atoms with Crippen LogP contribution in [0.25, 0.3) is 0 Å². The third-order valence-electron chi connectivity index (χ3n) is 3.95. The molecule has 3 aromatic rings. The van der Waals surface area contributed by atoms with Crippen molar-refractivity contribution in [1.29, 1.82) is 0 Å². The average molecular weight is 371 g/mol. The fourth-order valence-electron chi connectivity index (χ4n) is 2.68. The molecule has 0 radical (unpaired) electrons. The van der Waals surface area contributed by atoms with Crippen molar-refractivity contribution in [3.05, 3.63) is 70.5 Å². The van der Waals surface area contributed by atoms with E-state index in [1.807, 2.05) is 53.2 Å². The van der Waals surface area contributed by atoms with Crippen molar-refractivity contribution in [3.63, 3.8) is 0 Å². The standard InChI is InChI=1S/C18H15ClN4OS/c1-24-16-5-3-2-4-13(16)10-17-20-21-18-23(17)22-15(11-25-18)12-6-8-14(19)9-7-12/h2-9H,10-11H2,1H3. The van der Waals surface area contributed by atoms with Gasteiger partial charge in [-0.1, -0.05) is 53.7 Å². The molecule has 1 aromatic heterocycles. The van der Waals surface area contributed by atoms with Gasteiger partial charge in [-0.25, -0.2) is 0 Å². The molecule has 0 N–H and O–H groups in total. The molecule has 0 saturated carbocycles. The van der Waals surface area contributed by atoms with E-state index < -0.39 is 0 Å². The van der Waals surface area contributed by atoms with Gasteiger partial charge in [-0.3, -0.25) is 0 Å². The van der Waals surface area contributed by atoms with Crippen LogP contribution >= 0.6 is 23.4 Å². The SMILES string of the molecule is COc1ccccc1Cc1nnc2n1N=C(c1ccc(Cl)cc1)CS2. The minimum atomic E-state index is 0.606. The number of fused-ring (bicyclic) bond motifs is 1. The summed E-state index contributed by atoms with van der Waals surface area (Å²) in [5.41, 5.74) is 3.09. The van der Waals surface area contributed by atoms with E-state index in [1.165, 1.54) is 0 Å². The van der Waals surface area contributed by atoms with E-state index in [1.54, 1.807) is 18.9 Å². The lowest BCUT2D eigenvalue weighted by Crippen LogP contribution is -2.14. The van der Waals surface area contributed by atoms with E-state index >= 15 is 0 Å². The van der Waals surface area contributed by atoms with E-state index in [2.05, 4.69) is 10.2 Å². The maximum Gasteiger partial charge on any atom is 0.212 e. The fourth-order valence-corrected chi connectivity index (χ4v) is 3.66. The molecule has 1 aliphatic heterocycles. The van der Waals surface area contributed by atoms with Crippen LogP contribution in [0.1, 0.15) is 17.0 Å². The zero-order valence-electron chi connectivity index (χ0n) is 13.5. The van der Waals surface area contributed by atoms with Crippen LogP contribution in [-0.2, 0) is 6.42 Å². The predicted octanol–water partition coefficient (Wildman–Crippen LogP) is 3.89. The fraction of sp³-hybridized carbons (Fsp3) is 0.167. The lowest BCUT2D eigenvalue weighted by molar-refractivity contribution is 0.410. The van der Waals surface area contributed by atoms with Crippen LogP contribution in [0.2, 0.25) is 5.02 Å². The van der Waals surface area contributed by atoms with Gasteiger partial charge < -0.3 is 4.74 Å². The van der Waals surface area contributed by atoms with Crippen LogP contribution < -0.4 is 4.74 Å². The van der Waals surface area contributed by atoms with Gasteiger partial charge in [0.1, 0.15) is 5.75 Å². The lowest BCUT2D eigenvalue weighted by atomic mass is 10.1. The second-order valence-electron chi connectivity index (χ2n) is 5.54. The molecule has 0 atom stereocenters. The number of rotatable bonds is 4. The van der Waals surface area contributed by atoms with Gasteiger partial charge >= 0.3 is 0 Å². The van der Waals surface area contributed by atoms with Crippen LogP contribution in [0.4, 0.5) is 0 Å². The third-order valence-corrected chi connectivity index (χ3v) is 5.14. The molecule has 126 valence electrons. The first-order valence-electron chi connectivity index (χ1n) is 7.77. The molecule has 1 aliphatic rings. The molecule has 25 heavy (non-hydrogen) atoms. The second kappa shape index (κ2) is 6.90. The maximum absolute atomic E-state index is 5.98. The Kier molecular flexibility index (Phi) is 4.46. The first-order chi connectivity index (χ1) is 12.2. The van der Waals surface area contributed by atoms with Crippen LogP contribution in [-0.4, -0.2) is 33.4 Å². The third kappa shape index (κ3) is 3.27. The summed E-state index contributed by atoms with van der Waals surface area (Å²) >= 11 is 7.61. The number of thioether (sulfide) groups is 1. The summed E-state index contributed by atoms with van der Waals surface area (Å²) in [5, 5.41) is 14.9. The first kappa shape index (κ1) is 16.2. The van der Waals surface area contributed by atoms with Gasteiger partial charge in [0, 0.05) is 22.8 Å². The van der Waals surface area contributed by atoms with Crippen molar-refractivity contribution >= 4 is 29.1 Å². The zero-order valence-corrected chi connectivity index (χ0v) is 15.1. The molecule has 0 amide bonds. The van der Waals surface area contributed by atoms with Gasteiger partial charge in [-0.2, -0.15) is 9.78 Å². The summed E-state index contributed by atoms with van der Waals surface area (Å²) < 4.78 is 7.25. The highest BCUT2D eigenvalue weighted by molar-refractivity contribution is 7.99. The van der Waals surface area contributed by atoms with Crippen LogP contribution in [0.15, 0.2) is 58.8 Å². The van der Waals surface area contributed by atoms with Gasteiger partial charge in [0.2, 0.25) is 5.16 Å². The van der Waals surface area contributed by atoms with Gasteiger partial charge in [-0.05, 0) is 23.8 Å². The molecule has 5 nitrogen and oxygen atoms in total. The van der Waals surface area contributed by atoms with Crippen LogP contribution in [0.3, 0.4) is 0 Å². The molecule has 4 rings (SSSR count). The van der Waals surface area contributed by atoms with Crippen LogP contribution in [0.5, 0.6) is 5.75 Å². The summed E-state index contributed by atoms with van der Waals surface area (Å²) in [6.07, 6.45) is 0.606. The topological polar surface area (TPSA) is 52.3 Å². The summed E-state index contributed by atoms with van der Waals surface area (Å²) in [7, 11) is 1.67. The zero-order chi connectivity index (χ0) is 17.2. The van der Waals surface area contributed by atoms with Crippen molar-refractivity contribution in [1.82, 2.24) is 14.9 Å². The number of para-hydroxylation sites is 1. The highest BCUT2D eigenvalue weighted by Gasteiger charge is 2.20. The van der Waals surface area contributed by atoms with Crippen LogP contribution in [0, 0.1) is 0 Å². The van der Waals surface area contributed by atoms with Gasteiger partial charge in [0.15, 0.2) is 5.82 Å². The van der Waals surface area contributed by atoms with Crippen molar-refractivity contribution in [2.75, 3.05) is 12.9 Å². The summed E-state index contributed by atoms with van der Waals surface area (Å²) in [5.74, 6) is 2.39. The van der Waals surface area contributed by atoms with E-state index in [4.69, 9.17) is 21.4 Å². The van der Waals surface area contributed by atoms with E-state index in [0.29, 0.717) is 6.42 Å². The predicted molar refractivity (Wildman–Crippen MR) is 99.9 cm³/mol. The Balaban J connectivity index is 1.68. The molecule has 0 bridgehead atoms. The lowest BCUT2D eigenvalue weighted by Gasteiger charge is -2.14. The number of methoxy groups -OCH3 is 1. The Hall–Kier alpha value is -2.31. The number of ether oxygens (including phenoxy) is 1. The highest BCUT2D eigenvalue weighted by atomic mass is 35.5. The highest BCUT2D eigenvalue weighted by Crippen LogP contribution is 2.27. The summed E-state index contributed by atoms with van der Waals surface area (Å²) in [6, 6.07) is 15.6. The normalized spacial score (nSPS) is 13.3. The molecule has 0 saturated heterocycles. The number of benzene rings is 2. The van der Waals surface area contributed by atoms with Crippen molar-refractivity contribution in [2.24, 2.45) is 5.10 Å². The number of hydrogen-bond donors (Lipinski definition) is 0. The first-order valence-corrected chi connectivity index (χ1v) is 9.14. The van der Waals surface area contributed by atoms with E-state index in [0.717, 1.165) is 44.3 Å². The Labute approximate surface area is 154 Å². The minimum absolute atomic E-state index is 0.606. The molecule has 7 heteroatoms. The Morgan fingerprint density at radius 1 is 1.12 bits per heavy atom. The Bertz CT molecular complexity index is 937. The minimum Gasteiger partial charge on any atom is -0.496 e. The molecule has 0 fully saturated rings. The molecule has 0 spiro atoms. The van der Waals surface area contributed by atoms with Gasteiger partial charge in [-0.15, -0.1) is 10.2 Å². The molecular formula is C18H15ClN4OS.